The number of hydrogen-bond acceptors (Lipinski definition) is 4. The van der Waals surface area contributed by atoms with E-state index < -0.39 is 0 Å². The molecule has 4 heteroatoms. The average molecular weight is 218 g/mol. The minimum absolute atomic E-state index is 0.548. The quantitative estimate of drug-likeness (QED) is 0.804. The van der Waals surface area contributed by atoms with Crippen LogP contribution < -0.4 is 10.5 Å². The van der Waals surface area contributed by atoms with E-state index in [1.807, 2.05) is 6.07 Å². The summed E-state index contributed by atoms with van der Waals surface area (Å²) in [7, 11) is 1.60. The summed E-state index contributed by atoms with van der Waals surface area (Å²) in [5.74, 6) is 1.23. The van der Waals surface area contributed by atoms with Crippen LogP contribution in [0.25, 0.3) is 11.5 Å². The Labute approximate surface area is 94.1 Å². The molecular formula is C12H14N2O2. The molecule has 0 aliphatic rings. The number of nitrogens with zero attached hydrogens (tertiary/aromatic N) is 1. The summed E-state index contributed by atoms with van der Waals surface area (Å²) in [5.41, 5.74) is 8.53. The van der Waals surface area contributed by atoms with E-state index in [0.717, 1.165) is 23.2 Å². The maximum atomic E-state index is 5.90. The van der Waals surface area contributed by atoms with E-state index in [0.29, 0.717) is 11.6 Å². The Bertz CT molecular complexity index is 478. The Morgan fingerprint density at radius 2 is 2.25 bits per heavy atom. The van der Waals surface area contributed by atoms with Crippen LogP contribution in [-0.2, 0) is 6.42 Å². The van der Waals surface area contributed by atoms with Crippen molar-refractivity contribution in [2.75, 3.05) is 12.8 Å². The van der Waals surface area contributed by atoms with Gasteiger partial charge in [-0.2, -0.15) is 0 Å². The second-order valence-corrected chi connectivity index (χ2v) is 3.44. The minimum Gasteiger partial charge on any atom is -0.496 e. The average Bonchev–Trinajstić information content (AvgIpc) is 2.82. The Kier molecular flexibility index (Phi) is 2.81. The van der Waals surface area contributed by atoms with Crippen molar-refractivity contribution in [2.24, 2.45) is 0 Å². The van der Waals surface area contributed by atoms with Crippen LogP contribution in [0.15, 0.2) is 29.0 Å². The number of aryl methyl sites for hydroxylation is 1. The standard InChI is InChI=1S/C12H14N2O2/c1-3-8-6-9(12-14-4-5-16-12)11(15-2)7-10(8)13/h4-7H,3,13H2,1-2H3. The van der Waals surface area contributed by atoms with Gasteiger partial charge >= 0.3 is 0 Å². The van der Waals surface area contributed by atoms with Crippen molar-refractivity contribution in [3.05, 3.63) is 30.2 Å². The molecule has 1 aromatic carbocycles. The summed E-state index contributed by atoms with van der Waals surface area (Å²) >= 11 is 0. The molecule has 0 bridgehead atoms. The van der Waals surface area contributed by atoms with Crippen molar-refractivity contribution in [2.45, 2.75) is 13.3 Å². The van der Waals surface area contributed by atoms with E-state index in [-0.39, 0.29) is 0 Å². The first-order chi connectivity index (χ1) is 7.76. The Morgan fingerprint density at radius 3 is 2.81 bits per heavy atom. The Balaban J connectivity index is 2.58. The lowest BCUT2D eigenvalue weighted by Gasteiger charge is -2.10. The van der Waals surface area contributed by atoms with Gasteiger partial charge in [0.2, 0.25) is 5.89 Å². The summed E-state index contributed by atoms with van der Waals surface area (Å²) in [6, 6.07) is 3.76. The molecule has 0 atom stereocenters. The number of rotatable bonds is 3. The molecule has 0 amide bonds. The van der Waals surface area contributed by atoms with Crippen LogP contribution in [0.4, 0.5) is 5.69 Å². The first kappa shape index (κ1) is 10.5. The van der Waals surface area contributed by atoms with Crippen molar-refractivity contribution in [1.29, 1.82) is 0 Å². The zero-order valence-electron chi connectivity index (χ0n) is 9.36. The molecule has 0 aliphatic heterocycles. The lowest BCUT2D eigenvalue weighted by molar-refractivity contribution is 0.414. The number of nitrogen functional groups attached to an aromatic ring is 1. The van der Waals surface area contributed by atoms with Gasteiger partial charge in [-0.05, 0) is 18.1 Å². The molecule has 4 nitrogen and oxygen atoms in total. The third-order valence-corrected chi connectivity index (χ3v) is 2.50. The number of nitrogens with two attached hydrogens (primary N) is 1. The summed E-state index contributed by atoms with van der Waals surface area (Å²) in [6.45, 7) is 2.05. The summed E-state index contributed by atoms with van der Waals surface area (Å²) in [6.07, 6.45) is 4.01. The van der Waals surface area contributed by atoms with E-state index in [4.69, 9.17) is 14.9 Å². The van der Waals surface area contributed by atoms with Gasteiger partial charge in [0, 0.05) is 11.8 Å². The second kappa shape index (κ2) is 4.26. The molecule has 1 heterocycles. The van der Waals surface area contributed by atoms with Gasteiger partial charge in [0.15, 0.2) is 0 Å². The van der Waals surface area contributed by atoms with E-state index in [2.05, 4.69) is 11.9 Å². The molecule has 0 aliphatic carbocycles. The molecule has 0 saturated heterocycles. The molecule has 0 unspecified atom stereocenters. The van der Waals surface area contributed by atoms with Crippen molar-refractivity contribution in [1.82, 2.24) is 4.98 Å². The molecule has 0 spiro atoms. The first-order valence-corrected chi connectivity index (χ1v) is 5.12. The van der Waals surface area contributed by atoms with Gasteiger partial charge in [-0.25, -0.2) is 4.98 Å². The van der Waals surface area contributed by atoms with Gasteiger partial charge in [-0.15, -0.1) is 0 Å². The van der Waals surface area contributed by atoms with Crippen LogP contribution in [0.5, 0.6) is 5.75 Å². The first-order valence-electron chi connectivity index (χ1n) is 5.12. The fourth-order valence-electron chi connectivity index (χ4n) is 1.64. The third-order valence-electron chi connectivity index (χ3n) is 2.50. The predicted molar refractivity (Wildman–Crippen MR) is 62.3 cm³/mol. The van der Waals surface area contributed by atoms with Gasteiger partial charge in [0.25, 0.3) is 0 Å². The summed E-state index contributed by atoms with van der Waals surface area (Å²) in [5, 5.41) is 0. The fourth-order valence-corrected chi connectivity index (χ4v) is 1.64. The minimum atomic E-state index is 0.548. The van der Waals surface area contributed by atoms with Gasteiger partial charge in [0.1, 0.15) is 12.0 Å². The number of hydrogen-bond donors (Lipinski definition) is 1. The van der Waals surface area contributed by atoms with Crippen LogP contribution in [-0.4, -0.2) is 12.1 Å². The number of oxazole rings is 1. The van der Waals surface area contributed by atoms with E-state index in [1.54, 1.807) is 19.4 Å². The molecule has 16 heavy (non-hydrogen) atoms. The number of anilines is 1. The molecule has 1 aromatic heterocycles. The number of ether oxygens (including phenoxy) is 1. The monoisotopic (exact) mass is 218 g/mol. The van der Waals surface area contributed by atoms with Gasteiger partial charge in [-0.3, -0.25) is 0 Å². The highest BCUT2D eigenvalue weighted by atomic mass is 16.5. The molecule has 2 rings (SSSR count). The van der Waals surface area contributed by atoms with Crippen molar-refractivity contribution < 1.29 is 9.15 Å². The van der Waals surface area contributed by atoms with Crippen LogP contribution in [0.3, 0.4) is 0 Å². The zero-order valence-corrected chi connectivity index (χ0v) is 9.36. The molecule has 0 saturated carbocycles. The number of methoxy groups -OCH3 is 1. The highest BCUT2D eigenvalue weighted by Crippen LogP contribution is 2.33. The summed E-state index contributed by atoms with van der Waals surface area (Å²) in [4.78, 5) is 4.11. The van der Waals surface area contributed by atoms with Crippen molar-refractivity contribution in [3.8, 4) is 17.2 Å². The fraction of sp³-hybridized carbons (Fsp3) is 0.250. The Hall–Kier alpha value is -1.97. The normalized spacial score (nSPS) is 10.4. The number of benzene rings is 1. The SMILES string of the molecule is CCc1cc(-c2ncco2)c(OC)cc1N. The smallest absolute Gasteiger partial charge is 0.229 e. The molecule has 2 aromatic rings. The maximum absolute atomic E-state index is 5.90. The topological polar surface area (TPSA) is 61.3 Å². The van der Waals surface area contributed by atoms with Crippen LogP contribution in [0.1, 0.15) is 12.5 Å². The van der Waals surface area contributed by atoms with Gasteiger partial charge in [0.05, 0.1) is 18.9 Å². The highest BCUT2D eigenvalue weighted by molar-refractivity contribution is 5.69. The molecule has 84 valence electrons. The molecule has 0 fully saturated rings. The maximum Gasteiger partial charge on any atom is 0.229 e. The highest BCUT2D eigenvalue weighted by Gasteiger charge is 2.12. The summed E-state index contributed by atoms with van der Waals surface area (Å²) < 4.78 is 10.5. The van der Waals surface area contributed by atoms with Crippen molar-refractivity contribution >= 4 is 5.69 Å². The van der Waals surface area contributed by atoms with Gasteiger partial charge < -0.3 is 14.9 Å². The lowest BCUT2D eigenvalue weighted by atomic mass is 10.1. The molecular weight excluding hydrogens is 204 g/mol. The predicted octanol–water partition coefficient (Wildman–Crippen LogP) is 2.49. The van der Waals surface area contributed by atoms with Crippen LogP contribution >= 0.6 is 0 Å². The molecule has 2 N–H and O–H groups in total. The van der Waals surface area contributed by atoms with Crippen LogP contribution in [0, 0.1) is 0 Å². The van der Waals surface area contributed by atoms with E-state index >= 15 is 0 Å². The van der Waals surface area contributed by atoms with Gasteiger partial charge in [-0.1, -0.05) is 6.92 Å². The third kappa shape index (κ3) is 1.74. The van der Waals surface area contributed by atoms with Crippen LogP contribution in [0.2, 0.25) is 0 Å². The van der Waals surface area contributed by atoms with E-state index in [9.17, 15) is 0 Å². The zero-order chi connectivity index (χ0) is 11.5. The lowest BCUT2D eigenvalue weighted by Crippen LogP contribution is -1.97. The molecule has 0 radical (unpaired) electrons. The Morgan fingerprint density at radius 1 is 1.44 bits per heavy atom. The van der Waals surface area contributed by atoms with E-state index in [1.165, 1.54) is 6.26 Å². The number of aromatic nitrogens is 1. The second-order valence-electron chi connectivity index (χ2n) is 3.44. The largest absolute Gasteiger partial charge is 0.496 e. The van der Waals surface area contributed by atoms with Crippen molar-refractivity contribution in [3.63, 3.8) is 0 Å².